The monoisotopic (exact) mass is 793 g/mol. The summed E-state index contributed by atoms with van der Waals surface area (Å²) in [6.07, 6.45) is 2.73. The summed E-state index contributed by atoms with van der Waals surface area (Å²) in [5, 5.41) is 35.1. The number of carbonyl (C=O) groups excluding carboxylic acids is 4. The lowest BCUT2D eigenvalue weighted by atomic mass is 9.81. The van der Waals surface area contributed by atoms with Crippen LogP contribution in [0.5, 0.6) is 0 Å². The van der Waals surface area contributed by atoms with Gasteiger partial charge in [0.1, 0.15) is 11.6 Å². The van der Waals surface area contributed by atoms with Crippen molar-refractivity contribution in [1.82, 2.24) is 41.5 Å². The molecule has 0 bridgehead atoms. The zero-order chi connectivity index (χ0) is 41.2. The number of aromatic nitrogens is 4. The van der Waals surface area contributed by atoms with Crippen molar-refractivity contribution in [2.75, 3.05) is 25.0 Å². The van der Waals surface area contributed by atoms with E-state index >= 15 is 0 Å². The number of hydrogen-bond acceptors (Lipinski definition) is 9. The molecule has 2 fully saturated rings. The molecular weight excluding hydrogens is 743 g/mol. The van der Waals surface area contributed by atoms with Gasteiger partial charge in [0.05, 0.1) is 0 Å². The van der Waals surface area contributed by atoms with E-state index in [0.717, 1.165) is 35.1 Å². The maximum absolute atomic E-state index is 13.8. The summed E-state index contributed by atoms with van der Waals surface area (Å²) < 4.78 is 5.35. The Balaban J connectivity index is 1.09. The van der Waals surface area contributed by atoms with Crippen molar-refractivity contribution >= 4 is 35.6 Å². The molecule has 1 aliphatic carbocycles. The Morgan fingerprint density at radius 1 is 0.879 bits per heavy atom. The van der Waals surface area contributed by atoms with Gasteiger partial charge in [-0.1, -0.05) is 36.4 Å². The minimum absolute atomic E-state index is 0.101. The number of ether oxygens (including phenoxy) is 1. The van der Waals surface area contributed by atoms with E-state index in [9.17, 15) is 29.1 Å². The van der Waals surface area contributed by atoms with Crippen LogP contribution in [0.25, 0.3) is 22.5 Å². The molecule has 0 unspecified atom stereocenters. The number of likely N-dealkylation sites (tertiary alicyclic amines) is 1. The first-order valence-electron chi connectivity index (χ1n) is 19.7. The maximum Gasteiger partial charge on any atom is 0.407 e. The van der Waals surface area contributed by atoms with E-state index in [-0.39, 0.29) is 42.0 Å². The average Bonchev–Trinajstić information content (AvgIpc) is 3.76. The highest BCUT2D eigenvalue weighted by atomic mass is 16.6. The Bertz CT molecular complexity index is 2030. The Morgan fingerprint density at radius 2 is 1.57 bits per heavy atom. The van der Waals surface area contributed by atoms with Gasteiger partial charge >= 0.3 is 12.2 Å². The molecule has 1 atom stereocenters. The second kappa shape index (κ2) is 18.7. The van der Waals surface area contributed by atoms with Gasteiger partial charge in [-0.15, -0.1) is 10.2 Å². The van der Waals surface area contributed by atoms with E-state index in [2.05, 4.69) is 41.9 Å². The number of piperidine rings is 1. The predicted molar refractivity (Wildman–Crippen MR) is 216 cm³/mol. The largest absolute Gasteiger partial charge is 0.465 e. The molecule has 1 saturated carbocycles. The second-order valence-electron chi connectivity index (χ2n) is 16.0. The highest BCUT2D eigenvalue weighted by molar-refractivity contribution is 5.98. The van der Waals surface area contributed by atoms with Crippen LogP contribution in [0, 0.1) is 11.8 Å². The van der Waals surface area contributed by atoms with Crippen LogP contribution in [0.3, 0.4) is 0 Å². The molecule has 1 aliphatic heterocycles. The summed E-state index contributed by atoms with van der Waals surface area (Å²) in [6, 6.07) is 21.0. The quantitative estimate of drug-likeness (QED) is 0.107. The van der Waals surface area contributed by atoms with Crippen molar-refractivity contribution in [3.05, 3.63) is 83.9 Å². The number of nitrogens with one attached hydrogen (secondary N) is 5. The SMILES string of the molecule is CC(C)(C)OC(=O)NCC1CCC(C(=O)N[C@@H](Cc2ccc(-c3cccc(C(=O)NC4CCN(C(=O)O)CC4)c3)cc2)C(=O)Nc2ccc(-c3nn[nH]n3)cc2)CC1. The Kier molecular flexibility index (Phi) is 13.4. The lowest BCUT2D eigenvalue weighted by molar-refractivity contribution is -0.130. The van der Waals surface area contributed by atoms with E-state index in [1.54, 1.807) is 30.3 Å². The number of anilines is 1. The third kappa shape index (κ3) is 11.6. The molecule has 4 aromatic rings. The molecule has 306 valence electrons. The minimum atomic E-state index is -0.947. The van der Waals surface area contributed by atoms with Crippen molar-refractivity contribution in [1.29, 1.82) is 0 Å². The molecule has 5 amide bonds. The Morgan fingerprint density at radius 3 is 2.21 bits per heavy atom. The number of rotatable bonds is 12. The summed E-state index contributed by atoms with van der Waals surface area (Å²) in [6.45, 7) is 6.69. The molecule has 0 spiro atoms. The first kappa shape index (κ1) is 41.3. The number of aromatic amines is 1. The van der Waals surface area contributed by atoms with Crippen LogP contribution in [0.15, 0.2) is 72.8 Å². The summed E-state index contributed by atoms with van der Waals surface area (Å²) >= 11 is 0. The van der Waals surface area contributed by atoms with Crippen LogP contribution in [0.4, 0.5) is 15.3 Å². The van der Waals surface area contributed by atoms with Crippen molar-refractivity contribution in [3.8, 4) is 22.5 Å². The normalized spacial score (nSPS) is 17.7. The first-order valence-corrected chi connectivity index (χ1v) is 19.7. The van der Waals surface area contributed by atoms with Gasteiger partial charge in [-0.2, -0.15) is 5.21 Å². The molecule has 2 heterocycles. The van der Waals surface area contributed by atoms with E-state index in [1.807, 2.05) is 63.2 Å². The molecule has 2 aliphatic rings. The number of alkyl carbamates (subject to hydrolysis) is 1. The molecule has 6 N–H and O–H groups in total. The first-order chi connectivity index (χ1) is 27.8. The van der Waals surface area contributed by atoms with E-state index in [1.165, 1.54) is 4.90 Å². The highest BCUT2D eigenvalue weighted by Gasteiger charge is 2.31. The Hall–Kier alpha value is -6.32. The molecule has 0 radical (unpaired) electrons. The lowest BCUT2D eigenvalue weighted by Gasteiger charge is -2.30. The number of amides is 5. The fourth-order valence-electron chi connectivity index (χ4n) is 7.28. The van der Waals surface area contributed by atoms with Crippen molar-refractivity contribution in [2.45, 2.75) is 83.4 Å². The van der Waals surface area contributed by atoms with Crippen LogP contribution in [-0.2, 0) is 20.7 Å². The second-order valence-corrected chi connectivity index (χ2v) is 16.0. The molecule has 3 aromatic carbocycles. The number of hydrogen-bond donors (Lipinski definition) is 6. The zero-order valence-corrected chi connectivity index (χ0v) is 33.0. The molecule has 58 heavy (non-hydrogen) atoms. The lowest BCUT2D eigenvalue weighted by Crippen LogP contribution is -2.48. The van der Waals surface area contributed by atoms with Crippen molar-refractivity contribution in [2.24, 2.45) is 11.8 Å². The molecule has 1 saturated heterocycles. The number of carbonyl (C=O) groups is 5. The highest BCUT2D eigenvalue weighted by Crippen LogP contribution is 2.29. The molecular formula is C42H51N9O7. The average molecular weight is 794 g/mol. The van der Waals surface area contributed by atoms with Crippen molar-refractivity contribution in [3.63, 3.8) is 0 Å². The van der Waals surface area contributed by atoms with Gasteiger partial charge < -0.3 is 36.0 Å². The van der Waals surface area contributed by atoms with Gasteiger partial charge in [-0.3, -0.25) is 14.4 Å². The molecule has 1 aromatic heterocycles. The fraction of sp³-hybridized carbons (Fsp3) is 0.429. The fourth-order valence-corrected chi connectivity index (χ4v) is 7.28. The smallest absolute Gasteiger partial charge is 0.407 e. The molecule has 16 heteroatoms. The maximum atomic E-state index is 13.8. The summed E-state index contributed by atoms with van der Waals surface area (Å²) in [5.41, 5.74) is 3.72. The van der Waals surface area contributed by atoms with Crippen LogP contribution in [-0.4, -0.2) is 97.9 Å². The summed E-state index contributed by atoms with van der Waals surface area (Å²) in [7, 11) is 0. The summed E-state index contributed by atoms with van der Waals surface area (Å²) in [4.78, 5) is 65.4. The predicted octanol–water partition coefficient (Wildman–Crippen LogP) is 5.40. The van der Waals surface area contributed by atoms with Crippen molar-refractivity contribution < 1.29 is 33.8 Å². The Labute approximate surface area is 336 Å². The number of nitrogens with zero attached hydrogens (tertiary/aromatic N) is 4. The van der Waals surface area contributed by atoms with Gasteiger partial charge in [0, 0.05) is 54.8 Å². The third-order valence-corrected chi connectivity index (χ3v) is 10.5. The molecule has 16 nitrogen and oxygen atoms in total. The van der Waals surface area contributed by atoms with Crippen LogP contribution in [0.2, 0.25) is 0 Å². The van der Waals surface area contributed by atoms with E-state index < -0.39 is 23.8 Å². The van der Waals surface area contributed by atoms with E-state index in [4.69, 9.17) is 4.74 Å². The van der Waals surface area contributed by atoms with Gasteiger partial charge in [-0.05, 0) is 124 Å². The van der Waals surface area contributed by atoms with Crippen LogP contribution >= 0.6 is 0 Å². The zero-order valence-electron chi connectivity index (χ0n) is 33.0. The van der Waals surface area contributed by atoms with Gasteiger partial charge in [-0.25, -0.2) is 9.59 Å². The third-order valence-electron chi connectivity index (χ3n) is 10.5. The van der Waals surface area contributed by atoms with Gasteiger partial charge in [0.15, 0.2) is 0 Å². The minimum Gasteiger partial charge on any atom is -0.465 e. The number of benzene rings is 3. The molecule has 6 rings (SSSR count). The number of carboxylic acid groups (broad SMARTS) is 1. The summed E-state index contributed by atoms with van der Waals surface area (Å²) in [5.74, 6) is -0.396. The van der Waals surface area contributed by atoms with E-state index in [0.29, 0.717) is 62.4 Å². The van der Waals surface area contributed by atoms with Crippen LogP contribution < -0.4 is 21.3 Å². The van der Waals surface area contributed by atoms with Gasteiger partial charge in [0.25, 0.3) is 5.91 Å². The van der Waals surface area contributed by atoms with Crippen LogP contribution in [0.1, 0.15) is 75.2 Å². The number of tetrazole rings is 1. The van der Waals surface area contributed by atoms with Gasteiger partial charge in [0.2, 0.25) is 17.6 Å². The topological polar surface area (TPSA) is 221 Å². The number of H-pyrrole nitrogens is 1. The standard InChI is InChI=1S/C42H51N9O7/c1-42(2,3)58-40(55)43-25-27-9-13-30(14-10-27)37(52)46-35(39(54)45-33-17-15-29(16-18-33)36-47-49-50-48-36)23-26-7-11-28(12-8-26)31-5-4-6-32(24-31)38(53)44-34-19-21-51(22-20-34)41(56)57/h4-8,11-12,15-18,24,27,30,34-35H,9-10,13-14,19-23,25H2,1-3H3,(H,43,55)(H,44,53)(H,45,54)(H,46,52)(H,56,57)(H,47,48,49,50)/t27?,30?,35-/m0/s1.